The van der Waals surface area contributed by atoms with Gasteiger partial charge in [-0.25, -0.2) is 0 Å². The second-order valence-corrected chi connectivity index (χ2v) is 7.08. The van der Waals surface area contributed by atoms with E-state index in [1.165, 1.54) is 0 Å². The molecule has 0 heterocycles. The summed E-state index contributed by atoms with van der Waals surface area (Å²) >= 11 is 0. The number of rotatable bonds is 1. The zero-order chi connectivity index (χ0) is 15.1. The zero-order valence-electron chi connectivity index (χ0n) is 12.8. The molecular weight excluding hydrogens is 252 g/mol. The fourth-order valence-corrected chi connectivity index (χ4v) is 4.45. The van der Waals surface area contributed by atoms with Crippen molar-refractivity contribution in [2.24, 2.45) is 16.7 Å². The molecule has 110 valence electrons. The van der Waals surface area contributed by atoms with Crippen LogP contribution in [0.5, 0.6) is 0 Å². The lowest BCUT2D eigenvalue weighted by atomic mass is 9.50. The van der Waals surface area contributed by atoms with E-state index < -0.39 is 5.41 Å². The van der Waals surface area contributed by atoms with Gasteiger partial charge in [0.25, 0.3) is 0 Å². The minimum absolute atomic E-state index is 0.0213. The monoisotopic (exact) mass is 276 g/mol. The van der Waals surface area contributed by atoms with Gasteiger partial charge in [0.1, 0.15) is 5.76 Å². The summed E-state index contributed by atoms with van der Waals surface area (Å²) in [6.07, 6.45) is 3.57. The van der Waals surface area contributed by atoms with E-state index >= 15 is 0 Å². The first-order chi connectivity index (χ1) is 9.23. The van der Waals surface area contributed by atoms with Crippen molar-refractivity contribution in [3.8, 4) is 6.07 Å². The second-order valence-electron chi connectivity index (χ2n) is 7.08. The molecule has 1 saturated carbocycles. The molecule has 0 aromatic heterocycles. The second kappa shape index (κ2) is 4.80. The van der Waals surface area contributed by atoms with Gasteiger partial charge in [-0.1, -0.05) is 27.2 Å². The van der Waals surface area contributed by atoms with Crippen molar-refractivity contribution in [2.75, 3.05) is 0 Å². The third-order valence-corrected chi connectivity index (χ3v) is 5.42. The van der Waals surface area contributed by atoms with Crippen LogP contribution in [0.4, 0.5) is 0 Å². The lowest BCUT2D eigenvalue weighted by Crippen LogP contribution is -2.57. The van der Waals surface area contributed by atoms with E-state index in [-0.39, 0.29) is 29.0 Å². The largest absolute Gasteiger partial charge is 0.511 e. The van der Waals surface area contributed by atoms with E-state index in [1.54, 1.807) is 6.92 Å². The molecule has 0 aromatic rings. The maximum Gasteiger partial charge on any atom is 0.217 e. The number of allylic oxidation sites excluding steroid dienone is 2. The molecular formula is C16H24N2O2. The molecule has 3 atom stereocenters. The van der Waals surface area contributed by atoms with Crippen LogP contribution in [-0.2, 0) is 4.79 Å². The minimum atomic E-state index is -0.408. The van der Waals surface area contributed by atoms with Gasteiger partial charge in [0.05, 0.1) is 11.6 Å². The Balaban J connectivity index is 2.47. The number of nitrogens with zero attached hydrogens (tertiary/aromatic N) is 1. The van der Waals surface area contributed by atoms with E-state index in [4.69, 9.17) is 0 Å². The summed E-state index contributed by atoms with van der Waals surface area (Å²) in [4.78, 5) is 11.5. The predicted octanol–water partition coefficient (Wildman–Crippen LogP) is 3.06. The average Bonchev–Trinajstić information content (AvgIpc) is 2.36. The summed E-state index contributed by atoms with van der Waals surface area (Å²) < 4.78 is 0. The van der Waals surface area contributed by atoms with E-state index in [2.05, 4.69) is 18.3 Å². The molecule has 4 nitrogen and oxygen atoms in total. The fraction of sp³-hybridized carbons (Fsp3) is 0.750. The fourth-order valence-electron chi connectivity index (χ4n) is 4.45. The van der Waals surface area contributed by atoms with Gasteiger partial charge < -0.3 is 10.4 Å². The van der Waals surface area contributed by atoms with Gasteiger partial charge in [0, 0.05) is 18.4 Å². The smallest absolute Gasteiger partial charge is 0.217 e. The van der Waals surface area contributed by atoms with Crippen molar-refractivity contribution in [1.82, 2.24) is 5.32 Å². The van der Waals surface area contributed by atoms with Crippen LogP contribution in [0.1, 0.15) is 53.4 Å². The van der Waals surface area contributed by atoms with Crippen LogP contribution in [0.25, 0.3) is 0 Å². The van der Waals surface area contributed by atoms with E-state index in [0.717, 1.165) is 19.3 Å². The number of aliphatic hydroxyl groups excluding tert-OH is 1. The number of fused-ring (bicyclic) bond motifs is 1. The number of nitriles is 1. The third-order valence-electron chi connectivity index (χ3n) is 5.42. The Morgan fingerprint density at radius 2 is 2.05 bits per heavy atom. The highest BCUT2D eigenvalue weighted by Crippen LogP contribution is 2.58. The lowest BCUT2D eigenvalue weighted by molar-refractivity contribution is -0.122. The van der Waals surface area contributed by atoms with Crippen molar-refractivity contribution in [3.05, 3.63) is 11.3 Å². The molecule has 1 fully saturated rings. The van der Waals surface area contributed by atoms with Crippen molar-refractivity contribution in [1.29, 1.82) is 5.26 Å². The lowest BCUT2D eigenvalue weighted by Gasteiger charge is -2.56. The number of aliphatic hydroxyl groups is 1. The van der Waals surface area contributed by atoms with Gasteiger partial charge >= 0.3 is 0 Å². The summed E-state index contributed by atoms with van der Waals surface area (Å²) in [6.45, 7) is 7.72. The van der Waals surface area contributed by atoms with Gasteiger partial charge in [-0.05, 0) is 30.6 Å². The van der Waals surface area contributed by atoms with Gasteiger partial charge in [0.15, 0.2) is 0 Å². The van der Waals surface area contributed by atoms with Gasteiger partial charge in [-0.15, -0.1) is 0 Å². The third kappa shape index (κ3) is 2.09. The molecule has 0 aromatic carbocycles. The number of amides is 1. The molecule has 1 amide bonds. The summed E-state index contributed by atoms with van der Waals surface area (Å²) in [7, 11) is 0. The van der Waals surface area contributed by atoms with Crippen LogP contribution in [0, 0.1) is 28.1 Å². The molecule has 4 heteroatoms. The van der Waals surface area contributed by atoms with Gasteiger partial charge in [0.2, 0.25) is 5.91 Å². The summed E-state index contributed by atoms with van der Waals surface area (Å²) in [6, 6.07) is 2.24. The Kier molecular flexibility index (Phi) is 3.58. The first-order valence-corrected chi connectivity index (χ1v) is 7.33. The predicted molar refractivity (Wildman–Crippen MR) is 76.7 cm³/mol. The summed E-state index contributed by atoms with van der Waals surface area (Å²) in [5, 5.41) is 22.8. The quantitative estimate of drug-likeness (QED) is 0.773. The molecule has 0 spiro atoms. The van der Waals surface area contributed by atoms with Crippen LogP contribution in [0.3, 0.4) is 0 Å². The minimum Gasteiger partial charge on any atom is -0.511 e. The summed E-state index contributed by atoms with van der Waals surface area (Å²) in [5.74, 6) is 0.496. The standard InChI is InChI=1S/C16H24N2O2/c1-10(19)18-13-7-5-6-12-15(2,3)14(20)11(9-17)8-16(12,13)4/h12-13,20H,5-8H2,1-4H3,(H,18,19)/t12-,13-,16-/m0/s1. The molecule has 0 aliphatic heterocycles. The average molecular weight is 276 g/mol. The normalized spacial score (nSPS) is 36.0. The maximum absolute atomic E-state index is 11.5. The molecule has 2 N–H and O–H groups in total. The summed E-state index contributed by atoms with van der Waals surface area (Å²) in [5.41, 5.74) is -0.0917. The number of hydrogen-bond donors (Lipinski definition) is 2. The number of carbonyl (C=O) groups excluding carboxylic acids is 1. The first-order valence-electron chi connectivity index (χ1n) is 7.33. The van der Waals surface area contributed by atoms with Crippen molar-refractivity contribution >= 4 is 5.91 Å². The van der Waals surface area contributed by atoms with Crippen LogP contribution in [-0.4, -0.2) is 17.1 Å². The first kappa shape index (κ1) is 14.9. The molecule has 2 aliphatic carbocycles. The Hall–Kier alpha value is -1.50. The van der Waals surface area contributed by atoms with Crippen LogP contribution < -0.4 is 5.32 Å². The van der Waals surface area contributed by atoms with Crippen molar-refractivity contribution in [2.45, 2.75) is 59.4 Å². The highest BCUT2D eigenvalue weighted by molar-refractivity contribution is 5.73. The molecule has 0 unspecified atom stereocenters. The highest BCUT2D eigenvalue weighted by atomic mass is 16.3. The van der Waals surface area contributed by atoms with Crippen LogP contribution >= 0.6 is 0 Å². The Morgan fingerprint density at radius 3 is 2.60 bits per heavy atom. The highest BCUT2D eigenvalue weighted by Gasteiger charge is 2.55. The topological polar surface area (TPSA) is 73.1 Å². The van der Waals surface area contributed by atoms with Crippen LogP contribution in [0.15, 0.2) is 11.3 Å². The van der Waals surface area contributed by atoms with Crippen molar-refractivity contribution in [3.63, 3.8) is 0 Å². The van der Waals surface area contributed by atoms with Gasteiger partial charge in [-0.3, -0.25) is 4.79 Å². The zero-order valence-corrected chi connectivity index (χ0v) is 12.8. The van der Waals surface area contributed by atoms with E-state index in [1.807, 2.05) is 13.8 Å². The van der Waals surface area contributed by atoms with Crippen molar-refractivity contribution < 1.29 is 9.90 Å². The maximum atomic E-state index is 11.5. The van der Waals surface area contributed by atoms with E-state index in [9.17, 15) is 15.2 Å². The van der Waals surface area contributed by atoms with E-state index in [0.29, 0.717) is 12.0 Å². The van der Waals surface area contributed by atoms with Crippen LogP contribution in [0.2, 0.25) is 0 Å². The molecule has 0 bridgehead atoms. The Labute approximate surface area is 120 Å². The Bertz CT molecular complexity index is 501. The number of carbonyl (C=O) groups is 1. The Morgan fingerprint density at radius 1 is 1.40 bits per heavy atom. The molecule has 20 heavy (non-hydrogen) atoms. The molecule has 0 saturated heterocycles. The molecule has 0 radical (unpaired) electrons. The number of nitrogens with one attached hydrogen (secondary N) is 1. The number of hydrogen-bond acceptors (Lipinski definition) is 3. The molecule has 2 rings (SSSR count). The molecule has 2 aliphatic rings. The SMILES string of the molecule is CC(=O)N[C@H]1CCC[C@H]2C(C)(C)C(O)=C(C#N)C[C@]12C. The van der Waals surface area contributed by atoms with Gasteiger partial charge in [-0.2, -0.15) is 5.26 Å².